The van der Waals surface area contributed by atoms with E-state index in [2.05, 4.69) is 16.2 Å². The van der Waals surface area contributed by atoms with Crippen LogP contribution >= 0.6 is 0 Å². The molecule has 2 amide bonds. The molecule has 0 spiro atoms. The van der Waals surface area contributed by atoms with E-state index in [1.54, 1.807) is 25.3 Å². The predicted octanol–water partition coefficient (Wildman–Crippen LogP) is 4.45. The monoisotopic (exact) mass is 452 g/mol. The zero-order chi connectivity index (χ0) is 24.4. The lowest BCUT2D eigenvalue weighted by atomic mass is 10.1. The molecule has 8 heteroatoms. The summed E-state index contributed by atoms with van der Waals surface area (Å²) in [6.07, 6.45) is 2.41. The maximum absolute atomic E-state index is 13.3. The first-order valence-corrected chi connectivity index (χ1v) is 10.5. The fourth-order valence-corrected chi connectivity index (χ4v) is 3.46. The number of carbonyl (C=O) groups excluding carboxylic acids is 1. The topological polar surface area (TPSA) is 110 Å². The summed E-state index contributed by atoms with van der Waals surface area (Å²) in [5, 5.41) is 9.54. The number of pyridine rings is 1. The quantitative estimate of drug-likeness (QED) is 0.457. The molecule has 0 aliphatic rings. The Morgan fingerprint density at radius 2 is 1.70 bits per heavy atom. The second-order valence-electron chi connectivity index (χ2n) is 7.35. The molecule has 0 radical (unpaired) electrons. The molecule has 4 N–H and O–H groups in total. The van der Waals surface area contributed by atoms with Crippen molar-refractivity contribution in [2.45, 2.75) is 27.2 Å². The van der Waals surface area contributed by atoms with E-state index in [1.807, 2.05) is 69.3 Å². The number of methoxy groups -OCH3 is 2. The summed E-state index contributed by atoms with van der Waals surface area (Å²) in [6, 6.07) is 15.2. The van der Waals surface area contributed by atoms with E-state index in [-0.39, 0.29) is 6.03 Å². The summed E-state index contributed by atoms with van der Waals surface area (Å²) in [5.41, 5.74) is 4.78. The van der Waals surface area contributed by atoms with Crippen molar-refractivity contribution in [2.24, 2.45) is 5.90 Å². The molecule has 3 aromatic rings. The van der Waals surface area contributed by atoms with Crippen molar-refractivity contribution in [1.29, 1.82) is 0 Å². The lowest BCUT2D eigenvalue weighted by Crippen LogP contribution is -2.39. The number of urea groups is 1. The van der Waals surface area contributed by atoms with Crippen LogP contribution in [0.4, 0.5) is 16.3 Å². The summed E-state index contributed by atoms with van der Waals surface area (Å²) < 4.78 is 10.6. The number of benzene rings is 2. The minimum atomic E-state index is -0.219. The number of nitrogens with two attached hydrogens (primary N) is 1. The zero-order valence-electron chi connectivity index (χ0n) is 19.8. The number of aryl methyl sites for hydroxylation is 1. The molecule has 2 aromatic carbocycles. The average molecular weight is 453 g/mol. The number of anilines is 2. The van der Waals surface area contributed by atoms with Gasteiger partial charge < -0.3 is 20.0 Å². The minimum absolute atomic E-state index is 0.219. The molecule has 0 aliphatic heterocycles. The smallest absolute Gasteiger partial charge is 0.327 e. The molecule has 0 atom stereocenters. The molecule has 0 saturated carbocycles. The van der Waals surface area contributed by atoms with Crippen molar-refractivity contribution in [3.05, 3.63) is 77.0 Å². The summed E-state index contributed by atoms with van der Waals surface area (Å²) in [6.45, 7) is 6.43. The van der Waals surface area contributed by atoms with Gasteiger partial charge >= 0.3 is 6.03 Å². The number of hydrogen-bond donors (Lipinski definition) is 3. The van der Waals surface area contributed by atoms with Gasteiger partial charge in [0.25, 0.3) is 0 Å². The Labute approximate surface area is 194 Å². The fraction of sp³-hybridized carbons (Fsp3) is 0.280. The molecular formula is C25H32N4O4. The third-order valence-corrected chi connectivity index (χ3v) is 5.42. The van der Waals surface area contributed by atoms with E-state index in [1.165, 1.54) is 0 Å². The number of aromatic nitrogens is 1. The Morgan fingerprint density at radius 3 is 2.30 bits per heavy atom. The van der Waals surface area contributed by atoms with Gasteiger partial charge in [0, 0.05) is 12.7 Å². The van der Waals surface area contributed by atoms with Crippen LogP contribution in [0.5, 0.6) is 11.5 Å². The van der Waals surface area contributed by atoms with Crippen molar-refractivity contribution < 1.29 is 19.5 Å². The van der Waals surface area contributed by atoms with Crippen molar-refractivity contribution >= 4 is 17.5 Å². The number of hydrogen-bond acceptors (Lipinski definition) is 6. The highest BCUT2D eigenvalue weighted by molar-refractivity contribution is 6.00. The maximum Gasteiger partial charge on any atom is 0.327 e. The minimum Gasteiger partial charge on any atom is -0.497 e. The van der Waals surface area contributed by atoms with Gasteiger partial charge in [-0.2, -0.15) is 0 Å². The number of nitrogens with one attached hydrogen (secondary N) is 1. The van der Waals surface area contributed by atoms with Crippen molar-refractivity contribution in [2.75, 3.05) is 25.7 Å². The van der Waals surface area contributed by atoms with Gasteiger partial charge in [-0.25, -0.2) is 20.6 Å². The van der Waals surface area contributed by atoms with E-state index >= 15 is 0 Å². The zero-order valence-corrected chi connectivity index (χ0v) is 19.8. The summed E-state index contributed by atoms with van der Waals surface area (Å²) in [4.78, 5) is 19.5. The van der Waals surface area contributed by atoms with E-state index < -0.39 is 0 Å². The van der Waals surface area contributed by atoms with Crippen LogP contribution in [0.25, 0.3) is 0 Å². The Kier molecular flexibility index (Phi) is 9.65. The van der Waals surface area contributed by atoms with Gasteiger partial charge in [0.15, 0.2) is 0 Å². The van der Waals surface area contributed by atoms with Crippen LogP contribution in [0.2, 0.25) is 0 Å². The molecular weight excluding hydrogens is 420 g/mol. The third-order valence-electron chi connectivity index (χ3n) is 5.42. The second-order valence-corrected chi connectivity index (χ2v) is 7.35. The molecule has 1 heterocycles. The second kappa shape index (κ2) is 12.4. The number of amides is 2. The fourth-order valence-electron chi connectivity index (χ4n) is 3.46. The van der Waals surface area contributed by atoms with Crippen molar-refractivity contribution in [3.63, 3.8) is 0 Å². The molecule has 0 unspecified atom stereocenters. The van der Waals surface area contributed by atoms with Gasteiger partial charge in [-0.15, -0.1) is 0 Å². The normalized spacial score (nSPS) is 10.0. The third kappa shape index (κ3) is 6.21. The largest absolute Gasteiger partial charge is 0.497 e. The average Bonchev–Trinajstić information content (AvgIpc) is 2.85. The number of nitrogens with zero attached hydrogens (tertiary/aromatic N) is 2. The Morgan fingerprint density at radius 1 is 1.00 bits per heavy atom. The molecule has 33 heavy (non-hydrogen) atoms. The first-order valence-electron chi connectivity index (χ1n) is 10.5. The first kappa shape index (κ1) is 25.6. The van der Waals surface area contributed by atoms with Crippen LogP contribution < -0.4 is 25.6 Å². The van der Waals surface area contributed by atoms with E-state index in [0.29, 0.717) is 18.8 Å². The van der Waals surface area contributed by atoms with Crippen LogP contribution in [-0.2, 0) is 6.42 Å². The van der Waals surface area contributed by atoms with Crippen LogP contribution in [0, 0.1) is 20.8 Å². The maximum atomic E-state index is 13.3. The van der Waals surface area contributed by atoms with Crippen molar-refractivity contribution in [1.82, 2.24) is 10.3 Å². The summed E-state index contributed by atoms with van der Waals surface area (Å²) in [7, 11) is 3.29. The van der Waals surface area contributed by atoms with Gasteiger partial charge in [0.1, 0.15) is 17.3 Å². The number of ether oxygens (including phenoxy) is 2. The Bertz CT molecular complexity index is 1050. The molecule has 176 valence electrons. The Balaban J connectivity index is 0.00000187. The lowest BCUT2D eigenvalue weighted by molar-refractivity contribution is 0.248. The standard InChI is InChI=1S/C25H29N3O3.H3NO/c1-17-7-6-15-26-24(17)28(22-12-13-23(31-5)19(3)18(22)2)25(29)27-16-14-20-8-10-21(30-4)11-9-20;1-2/h6-13,15H,14,16H2,1-5H3,(H,27,29);2H,1H2. The van der Waals surface area contributed by atoms with Crippen LogP contribution in [0.15, 0.2) is 54.7 Å². The number of rotatable bonds is 7. The van der Waals surface area contributed by atoms with E-state index in [0.717, 1.165) is 39.4 Å². The van der Waals surface area contributed by atoms with Gasteiger partial charge in [0.05, 0.1) is 19.9 Å². The van der Waals surface area contributed by atoms with Crippen LogP contribution in [-0.4, -0.2) is 37.0 Å². The van der Waals surface area contributed by atoms with Crippen LogP contribution in [0.1, 0.15) is 22.3 Å². The molecule has 3 rings (SSSR count). The van der Waals surface area contributed by atoms with Gasteiger partial charge in [-0.1, -0.05) is 18.2 Å². The SMILES string of the molecule is COc1ccc(CCNC(=O)N(c2ccc(OC)c(C)c2C)c2ncccc2C)cc1.NO. The van der Waals surface area contributed by atoms with Gasteiger partial charge in [-0.05, 0) is 79.8 Å². The highest BCUT2D eigenvalue weighted by Crippen LogP contribution is 2.34. The first-order chi connectivity index (χ1) is 16.0. The molecule has 8 nitrogen and oxygen atoms in total. The number of carbonyl (C=O) groups is 1. The highest BCUT2D eigenvalue weighted by Gasteiger charge is 2.23. The lowest BCUT2D eigenvalue weighted by Gasteiger charge is -2.26. The van der Waals surface area contributed by atoms with E-state index in [9.17, 15) is 4.79 Å². The molecule has 0 fully saturated rings. The molecule has 0 bridgehead atoms. The molecule has 0 aliphatic carbocycles. The van der Waals surface area contributed by atoms with Gasteiger partial charge in [0.2, 0.25) is 0 Å². The highest BCUT2D eigenvalue weighted by atomic mass is 16.5. The summed E-state index contributed by atoms with van der Waals surface area (Å²) >= 11 is 0. The summed E-state index contributed by atoms with van der Waals surface area (Å²) in [5.74, 6) is 5.71. The molecule has 1 aromatic heterocycles. The van der Waals surface area contributed by atoms with Crippen molar-refractivity contribution in [3.8, 4) is 11.5 Å². The van der Waals surface area contributed by atoms with E-state index in [4.69, 9.17) is 14.7 Å². The Hall–Kier alpha value is -3.62. The predicted molar refractivity (Wildman–Crippen MR) is 130 cm³/mol. The van der Waals surface area contributed by atoms with Crippen LogP contribution in [0.3, 0.4) is 0 Å². The molecule has 0 saturated heterocycles. The van der Waals surface area contributed by atoms with Gasteiger partial charge in [-0.3, -0.25) is 0 Å².